The van der Waals surface area contributed by atoms with Gasteiger partial charge in [-0.1, -0.05) is 26.3 Å². The van der Waals surface area contributed by atoms with Gasteiger partial charge in [-0.05, 0) is 6.42 Å². The molecule has 0 rings (SSSR count). The Bertz CT molecular complexity index is 71.3. The maximum absolute atomic E-state index is 5.43. The first-order valence-electron chi connectivity index (χ1n) is 3.45. The minimum Gasteiger partial charge on any atom is -0.319 e. The quantitative estimate of drug-likeness (QED) is 0.345. The van der Waals surface area contributed by atoms with E-state index in [1.807, 2.05) is 0 Å². The summed E-state index contributed by atoms with van der Waals surface area (Å²) in [5.74, 6) is 5.43. The summed E-state index contributed by atoms with van der Waals surface area (Å²) in [5.41, 5.74) is 0. The molecule has 0 bridgehead atoms. The zero-order chi connectivity index (χ0) is 7.11. The fraction of sp³-hybridized carbons (Fsp3) is 0.714. The molecule has 9 heavy (non-hydrogen) atoms. The molecule has 0 aliphatic heterocycles. The van der Waals surface area contributed by atoms with Crippen LogP contribution in [0, 0.1) is 0 Å². The predicted octanol–water partition coefficient (Wildman–Crippen LogP) is 1.50. The second-order valence-corrected chi connectivity index (χ2v) is 2.13. The molecule has 0 aromatic heterocycles. The molecule has 0 aliphatic rings. The highest BCUT2D eigenvalue weighted by Gasteiger charge is 1.88. The van der Waals surface area contributed by atoms with Crippen LogP contribution >= 0.6 is 0 Å². The molecule has 0 aliphatic carbocycles. The first kappa shape index (κ1) is 8.50. The van der Waals surface area contributed by atoms with Gasteiger partial charge in [0.25, 0.3) is 0 Å². The second kappa shape index (κ2) is 5.63. The van der Waals surface area contributed by atoms with Gasteiger partial charge in [0.15, 0.2) is 0 Å². The van der Waals surface area contributed by atoms with Crippen molar-refractivity contribution in [3.05, 3.63) is 12.8 Å². The summed E-state index contributed by atoms with van der Waals surface area (Å²) in [7, 11) is 0. The minimum atomic E-state index is 0.928. The van der Waals surface area contributed by atoms with Gasteiger partial charge in [0, 0.05) is 12.7 Å². The van der Waals surface area contributed by atoms with E-state index < -0.39 is 0 Å². The summed E-state index contributed by atoms with van der Waals surface area (Å²) in [5, 5.41) is 1.62. The van der Waals surface area contributed by atoms with Gasteiger partial charge in [-0.15, -0.1) is 0 Å². The van der Waals surface area contributed by atoms with Crippen LogP contribution in [-0.2, 0) is 0 Å². The molecule has 0 saturated carbocycles. The minimum absolute atomic E-state index is 0.928. The van der Waals surface area contributed by atoms with Gasteiger partial charge in [-0.2, -0.15) is 0 Å². The Kier molecular flexibility index (Phi) is 5.32. The van der Waals surface area contributed by atoms with Gasteiger partial charge in [0.1, 0.15) is 0 Å². The van der Waals surface area contributed by atoms with Crippen LogP contribution in [0.25, 0.3) is 0 Å². The first-order valence-corrected chi connectivity index (χ1v) is 3.45. The number of hydrogen-bond donors (Lipinski definition) is 1. The number of unbranched alkanes of at least 4 members (excludes halogenated alkanes) is 2. The molecule has 0 radical (unpaired) electrons. The van der Waals surface area contributed by atoms with Crippen molar-refractivity contribution in [3.8, 4) is 0 Å². The van der Waals surface area contributed by atoms with E-state index in [0.717, 1.165) is 6.54 Å². The lowest BCUT2D eigenvalue weighted by Crippen LogP contribution is -2.25. The molecule has 54 valence electrons. The molecule has 0 aromatic rings. The van der Waals surface area contributed by atoms with E-state index in [1.165, 1.54) is 19.3 Å². The predicted molar refractivity (Wildman–Crippen MR) is 40.6 cm³/mol. The molecule has 0 saturated heterocycles. The first-order chi connectivity index (χ1) is 4.31. The highest BCUT2D eigenvalue weighted by molar-refractivity contribution is 4.63. The Morgan fingerprint density at radius 3 is 2.67 bits per heavy atom. The second-order valence-electron chi connectivity index (χ2n) is 2.13. The fourth-order valence-electron chi connectivity index (χ4n) is 0.636. The van der Waals surface area contributed by atoms with Crippen LogP contribution in [0.2, 0.25) is 0 Å². The van der Waals surface area contributed by atoms with Gasteiger partial charge >= 0.3 is 0 Å². The highest BCUT2D eigenvalue weighted by atomic mass is 15.4. The van der Waals surface area contributed by atoms with E-state index in [-0.39, 0.29) is 0 Å². The zero-order valence-electron chi connectivity index (χ0n) is 6.14. The number of rotatable bonds is 5. The van der Waals surface area contributed by atoms with Gasteiger partial charge in [-0.3, -0.25) is 0 Å². The van der Waals surface area contributed by atoms with E-state index in [4.69, 9.17) is 5.84 Å². The van der Waals surface area contributed by atoms with Crippen molar-refractivity contribution in [2.24, 2.45) is 5.84 Å². The standard InChI is InChI=1S/C7H16N2/c1-3-5-6-7-9(8)4-2/h4H,2-3,5-8H2,1H3. The SMILES string of the molecule is C=CN(N)CCCCC. The molecule has 0 spiro atoms. The zero-order valence-corrected chi connectivity index (χ0v) is 6.14. The van der Waals surface area contributed by atoms with Crippen molar-refractivity contribution in [1.29, 1.82) is 0 Å². The third-order valence-corrected chi connectivity index (χ3v) is 1.25. The molecule has 0 unspecified atom stereocenters. The largest absolute Gasteiger partial charge is 0.319 e. The molecule has 0 fully saturated rings. The third kappa shape index (κ3) is 5.37. The Morgan fingerprint density at radius 2 is 2.22 bits per heavy atom. The molecular weight excluding hydrogens is 112 g/mol. The molecule has 0 aromatic carbocycles. The summed E-state index contributed by atoms with van der Waals surface area (Å²) in [4.78, 5) is 0. The highest BCUT2D eigenvalue weighted by Crippen LogP contribution is 1.93. The van der Waals surface area contributed by atoms with Crippen molar-refractivity contribution < 1.29 is 0 Å². The van der Waals surface area contributed by atoms with Gasteiger partial charge in [-0.25, -0.2) is 5.84 Å². The van der Waals surface area contributed by atoms with E-state index in [1.54, 1.807) is 11.2 Å². The van der Waals surface area contributed by atoms with E-state index in [0.29, 0.717) is 0 Å². The van der Waals surface area contributed by atoms with Crippen molar-refractivity contribution in [3.63, 3.8) is 0 Å². The van der Waals surface area contributed by atoms with Crippen molar-refractivity contribution in [2.45, 2.75) is 26.2 Å². The number of nitrogens with two attached hydrogens (primary N) is 1. The van der Waals surface area contributed by atoms with Crippen LogP contribution in [0.5, 0.6) is 0 Å². The Labute approximate surface area is 57.3 Å². The van der Waals surface area contributed by atoms with Crippen molar-refractivity contribution in [2.75, 3.05) is 6.54 Å². The summed E-state index contributed by atoms with van der Waals surface area (Å²) in [6.07, 6.45) is 5.31. The average Bonchev–Trinajstić information content (AvgIpc) is 1.89. The number of nitrogens with zero attached hydrogens (tertiary/aromatic N) is 1. The Hall–Kier alpha value is -0.500. The Balaban J connectivity index is 2.96. The molecule has 2 N–H and O–H groups in total. The lowest BCUT2D eigenvalue weighted by atomic mass is 10.2. The van der Waals surface area contributed by atoms with Gasteiger partial charge < -0.3 is 5.01 Å². The topological polar surface area (TPSA) is 29.3 Å². The average molecular weight is 128 g/mol. The van der Waals surface area contributed by atoms with Crippen LogP contribution in [-0.4, -0.2) is 11.6 Å². The van der Waals surface area contributed by atoms with Crippen molar-refractivity contribution in [1.82, 2.24) is 5.01 Å². The van der Waals surface area contributed by atoms with Gasteiger partial charge in [0.05, 0.1) is 0 Å². The smallest absolute Gasteiger partial charge is 0.0335 e. The monoisotopic (exact) mass is 128 g/mol. The molecule has 0 amide bonds. The Morgan fingerprint density at radius 1 is 1.56 bits per heavy atom. The third-order valence-electron chi connectivity index (χ3n) is 1.25. The summed E-state index contributed by atoms with van der Waals surface area (Å²) < 4.78 is 0. The maximum atomic E-state index is 5.43. The van der Waals surface area contributed by atoms with Crippen LogP contribution in [0.15, 0.2) is 12.8 Å². The van der Waals surface area contributed by atoms with E-state index >= 15 is 0 Å². The molecule has 2 nitrogen and oxygen atoms in total. The molecule has 0 heterocycles. The summed E-state index contributed by atoms with van der Waals surface area (Å²) in [6, 6.07) is 0. The van der Waals surface area contributed by atoms with Crippen LogP contribution < -0.4 is 5.84 Å². The number of hydrazine groups is 1. The molecule has 2 heteroatoms. The summed E-state index contributed by atoms with van der Waals surface area (Å²) >= 11 is 0. The lowest BCUT2D eigenvalue weighted by molar-refractivity contribution is 0.381. The molecule has 0 atom stereocenters. The van der Waals surface area contributed by atoms with Crippen molar-refractivity contribution >= 4 is 0 Å². The van der Waals surface area contributed by atoms with Gasteiger partial charge in [0.2, 0.25) is 0 Å². The summed E-state index contributed by atoms with van der Waals surface area (Å²) in [6.45, 7) is 6.64. The number of hydrogen-bond acceptors (Lipinski definition) is 2. The van der Waals surface area contributed by atoms with Crippen LogP contribution in [0.1, 0.15) is 26.2 Å². The van der Waals surface area contributed by atoms with E-state index in [2.05, 4.69) is 13.5 Å². The maximum Gasteiger partial charge on any atom is 0.0335 e. The lowest BCUT2D eigenvalue weighted by Gasteiger charge is -2.10. The normalized spacial score (nSPS) is 9.11. The van der Waals surface area contributed by atoms with Crippen LogP contribution in [0.3, 0.4) is 0 Å². The van der Waals surface area contributed by atoms with E-state index in [9.17, 15) is 0 Å². The van der Waals surface area contributed by atoms with Crippen LogP contribution in [0.4, 0.5) is 0 Å². The molecular formula is C7H16N2. The fourth-order valence-corrected chi connectivity index (χ4v) is 0.636.